The van der Waals surface area contributed by atoms with Gasteiger partial charge in [0.2, 0.25) is 0 Å². The van der Waals surface area contributed by atoms with Gasteiger partial charge in [-0.1, -0.05) is 25.0 Å². The average molecular weight is 259 g/mol. The Labute approximate surface area is 112 Å². The van der Waals surface area contributed by atoms with E-state index in [1.54, 1.807) is 18.4 Å². The van der Waals surface area contributed by atoms with Crippen molar-refractivity contribution in [2.75, 3.05) is 7.11 Å². The number of hydrogen-bond donors (Lipinski definition) is 0. The Morgan fingerprint density at radius 3 is 2.78 bits per heavy atom. The van der Waals surface area contributed by atoms with Crippen LogP contribution in [0.25, 0.3) is 11.3 Å². The molecule has 0 saturated heterocycles. The van der Waals surface area contributed by atoms with Gasteiger partial charge in [-0.3, -0.25) is 0 Å². The van der Waals surface area contributed by atoms with Gasteiger partial charge in [-0.15, -0.1) is 11.3 Å². The summed E-state index contributed by atoms with van der Waals surface area (Å²) >= 11 is 1.79. The van der Waals surface area contributed by atoms with E-state index in [0.29, 0.717) is 5.92 Å². The normalized spacial score (nSPS) is 16.1. The Hall–Kier alpha value is -1.35. The maximum Gasteiger partial charge on any atom is 0.128 e. The van der Waals surface area contributed by atoms with Crippen molar-refractivity contribution in [3.8, 4) is 17.0 Å². The first-order valence-electron chi connectivity index (χ1n) is 6.47. The van der Waals surface area contributed by atoms with Crippen LogP contribution in [0.15, 0.2) is 29.6 Å². The van der Waals surface area contributed by atoms with Crippen LogP contribution in [0.3, 0.4) is 0 Å². The molecule has 1 aromatic heterocycles. The lowest BCUT2D eigenvalue weighted by atomic mass is 10.1. The molecule has 0 aliphatic heterocycles. The molecule has 94 valence electrons. The summed E-state index contributed by atoms with van der Waals surface area (Å²) in [6, 6.07) is 8.09. The van der Waals surface area contributed by atoms with Crippen LogP contribution < -0.4 is 4.74 Å². The Morgan fingerprint density at radius 1 is 1.22 bits per heavy atom. The van der Waals surface area contributed by atoms with Crippen LogP contribution in [0, 0.1) is 0 Å². The zero-order valence-electron chi connectivity index (χ0n) is 10.6. The molecule has 18 heavy (non-hydrogen) atoms. The number of aromatic nitrogens is 1. The lowest BCUT2D eigenvalue weighted by molar-refractivity contribution is 0.416. The first-order valence-corrected chi connectivity index (χ1v) is 7.35. The topological polar surface area (TPSA) is 22.1 Å². The van der Waals surface area contributed by atoms with Crippen LogP contribution in [-0.2, 0) is 0 Å². The molecule has 1 heterocycles. The fourth-order valence-electron chi connectivity index (χ4n) is 2.63. The number of benzene rings is 1. The van der Waals surface area contributed by atoms with E-state index in [2.05, 4.69) is 11.4 Å². The van der Waals surface area contributed by atoms with Gasteiger partial charge in [0.15, 0.2) is 0 Å². The highest BCUT2D eigenvalue weighted by molar-refractivity contribution is 7.10. The maximum atomic E-state index is 5.40. The summed E-state index contributed by atoms with van der Waals surface area (Å²) in [5.41, 5.74) is 2.15. The molecule has 1 saturated carbocycles. The van der Waals surface area contributed by atoms with Crippen molar-refractivity contribution in [1.82, 2.24) is 4.98 Å². The van der Waals surface area contributed by atoms with E-state index in [0.717, 1.165) is 17.0 Å². The second kappa shape index (κ2) is 5.11. The molecule has 1 fully saturated rings. The minimum Gasteiger partial charge on any atom is -0.496 e. The van der Waals surface area contributed by atoms with E-state index in [1.807, 2.05) is 18.2 Å². The quantitative estimate of drug-likeness (QED) is 0.811. The molecule has 3 rings (SSSR count). The molecule has 0 amide bonds. The van der Waals surface area contributed by atoms with Crippen molar-refractivity contribution in [3.63, 3.8) is 0 Å². The third kappa shape index (κ3) is 2.15. The van der Waals surface area contributed by atoms with Crippen LogP contribution >= 0.6 is 11.3 Å². The second-order valence-electron chi connectivity index (χ2n) is 4.75. The monoisotopic (exact) mass is 259 g/mol. The molecular weight excluding hydrogens is 242 g/mol. The van der Waals surface area contributed by atoms with E-state index in [9.17, 15) is 0 Å². The van der Waals surface area contributed by atoms with E-state index in [4.69, 9.17) is 9.72 Å². The predicted molar refractivity (Wildman–Crippen MR) is 75.3 cm³/mol. The smallest absolute Gasteiger partial charge is 0.128 e. The molecule has 2 nitrogen and oxygen atoms in total. The maximum absolute atomic E-state index is 5.40. The highest BCUT2D eigenvalue weighted by Gasteiger charge is 2.20. The minimum atomic E-state index is 0.693. The van der Waals surface area contributed by atoms with Crippen LogP contribution in [-0.4, -0.2) is 12.1 Å². The third-order valence-corrected chi connectivity index (χ3v) is 4.62. The fraction of sp³-hybridized carbons (Fsp3) is 0.400. The largest absolute Gasteiger partial charge is 0.496 e. The second-order valence-corrected chi connectivity index (χ2v) is 5.64. The first-order chi connectivity index (χ1) is 8.88. The van der Waals surface area contributed by atoms with Gasteiger partial charge in [-0.05, 0) is 25.0 Å². The van der Waals surface area contributed by atoms with Crippen molar-refractivity contribution >= 4 is 11.3 Å². The fourth-order valence-corrected chi connectivity index (χ4v) is 3.62. The van der Waals surface area contributed by atoms with Gasteiger partial charge >= 0.3 is 0 Å². The molecule has 3 heteroatoms. The average Bonchev–Trinajstić information content (AvgIpc) is 3.09. The van der Waals surface area contributed by atoms with Crippen LogP contribution in [0.5, 0.6) is 5.75 Å². The zero-order chi connectivity index (χ0) is 12.4. The number of thiazole rings is 1. The summed E-state index contributed by atoms with van der Waals surface area (Å²) in [6.45, 7) is 0. The van der Waals surface area contributed by atoms with Gasteiger partial charge in [-0.25, -0.2) is 4.98 Å². The number of nitrogens with zero attached hydrogens (tertiary/aromatic N) is 1. The van der Waals surface area contributed by atoms with Gasteiger partial charge in [0.1, 0.15) is 5.75 Å². The van der Waals surface area contributed by atoms with Crippen molar-refractivity contribution in [1.29, 1.82) is 0 Å². The van der Waals surface area contributed by atoms with Gasteiger partial charge < -0.3 is 4.74 Å². The molecule has 1 aliphatic carbocycles. The summed E-state index contributed by atoms with van der Waals surface area (Å²) in [5.74, 6) is 1.60. The summed E-state index contributed by atoms with van der Waals surface area (Å²) in [4.78, 5) is 4.81. The van der Waals surface area contributed by atoms with Crippen molar-refractivity contribution in [2.24, 2.45) is 0 Å². The standard InChI is InChI=1S/C15H17NOS/c1-17-14-9-5-4-8-12(14)13-10-18-15(16-13)11-6-2-3-7-11/h4-5,8-11H,2-3,6-7H2,1H3. The number of rotatable bonds is 3. The summed E-state index contributed by atoms with van der Waals surface area (Å²) < 4.78 is 5.40. The van der Waals surface area contributed by atoms with Crippen molar-refractivity contribution in [3.05, 3.63) is 34.7 Å². The summed E-state index contributed by atoms with van der Waals surface area (Å²) in [5, 5.41) is 3.46. The molecule has 0 atom stereocenters. The van der Waals surface area contributed by atoms with Gasteiger partial charge in [0.25, 0.3) is 0 Å². The summed E-state index contributed by atoms with van der Waals surface area (Å²) in [7, 11) is 1.71. The Kier molecular flexibility index (Phi) is 3.33. The molecule has 2 aromatic rings. The molecular formula is C15H17NOS. The lowest BCUT2D eigenvalue weighted by Crippen LogP contribution is -1.92. The van der Waals surface area contributed by atoms with E-state index in [-0.39, 0.29) is 0 Å². The zero-order valence-corrected chi connectivity index (χ0v) is 11.4. The predicted octanol–water partition coefficient (Wildman–Crippen LogP) is 4.48. The van der Waals surface area contributed by atoms with Gasteiger partial charge in [0.05, 0.1) is 17.8 Å². The van der Waals surface area contributed by atoms with E-state index in [1.165, 1.54) is 30.7 Å². The Bertz CT molecular complexity index is 529. The Morgan fingerprint density at radius 2 is 2.00 bits per heavy atom. The van der Waals surface area contributed by atoms with Crippen molar-refractivity contribution < 1.29 is 4.74 Å². The van der Waals surface area contributed by atoms with Gasteiger partial charge in [0, 0.05) is 16.9 Å². The molecule has 1 aromatic carbocycles. The van der Waals surface area contributed by atoms with E-state index < -0.39 is 0 Å². The highest BCUT2D eigenvalue weighted by atomic mass is 32.1. The van der Waals surface area contributed by atoms with Crippen LogP contribution in [0.2, 0.25) is 0 Å². The number of methoxy groups -OCH3 is 1. The number of para-hydroxylation sites is 1. The number of ether oxygens (including phenoxy) is 1. The number of hydrogen-bond acceptors (Lipinski definition) is 3. The molecule has 0 bridgehead atoms. The lowest BCUT2D eigenvalue weighted by Gasteiger charge is -2.06. The minimum absolute atomic E-state index is 0.693. The van der Waals surface area contributed by atoms with Crippen LogP contribution in [0.4, 0.5) is 0 Å². The highest BCUT2D eigenvalue weighted by Crippen LogP contribution is 2.38. The Balaban J connectivity index is 1.92. The molecule has 0 N–H and O–H groups in total. The SMILES string of the molecule is COc1ccccc1-c1csc(C2CCCC2)n1. The van der Waals surface area contributed by atoms with Crippen LogP contribution in [0.1, 0.15) is 36.6 Å². The molecule has 0 radical (unpaired) electrons. The third-order valence-electron chi connectivity index (χ3n) is 3.61. The van der Waals surface area contributed by atoms with E-state index >= 15 is 0 Å². The summed E-state index contributed by atoms with van der Waals surface area (Å²) in [6.07, 6.45) is 5.32. The molecule has 0 spiro atoms. The van der Waals surface area contributed by atoms with Crippen molar-refractivity contribution in [2.45, 2.75) is 31.6 Å². The molecule has 0 unspecified atom stereocenters. The first kappa shape index (κ1) is 11.7. The molecule has 1 aliphatic rings. The van der Waals surface area contributed by atoms with Gasteiger partial charge in [-0.2, -0.15) is 0 Å².